The Bertz CT molecular complexity index is 920. The largest absolute Gasteiger partial charge is 0.240 e. The number of hydrogen-bond donors (Lipinski definition) is 2. The van der Waals surface area contributed by atoms with Gasteiger partial charge >= 0.3 is 0 Å². The molecule has 2 aromatic rings. The van der Waals surface area contributed by atoms with Gasteiger partial charge in [-0.05, 0) is 45.0 Å². The lowest BCUT2D eigenvalue weighted by Gasteiger charge is -2.15. The van der Waals surface area contributed by atoms with E-state index in [2.05, 4.69) is 9.44 Å². The first kappa shape index (κ1) is 19.6. The Morgan fingerprint density at radius 2 is 1.16 bits per heavy atom. The molecule has 0 saturated heterocycles. The molecule has 0 aliphatic carbocycles. The van der Waals surface area contributed by atoms with E-state index in [0.717, 1.165) is 11.1 Å². The minimum Gasteiger partial charge on any atom is -0.210 e. The van der Waals surface area contributed by atoms with Crippen LogP contribution in [0.25, 0.3) is 0 Å². The monoisotopic (exact) mass is 382 g/mol. The molecule has 0 unspecified atom stereocenters. The first-order valence-electron chi connectivity index (χ1n) is 7.75. The van der Waals surface area contributed by atoms with Crippen molar-refractivity contribution in [3.8, 4) is 0 Å². The van der Waals surface area contributed by atoms with E-state index >= 15 is 0 Å². The summed E-state index contributed by atoms with van der Waals surface area (Å²) in [5.41, 5.74) is 1.91. The maximum atomic E-state index is 12.3. The highest BCUT2D eigenvalue weighted by Gasteiger charge is 2.20. The van der Waals surface area contributed by atoms with Crippen LogP contribution in [0.3, 0.4) is 0 Å². The first-order valence-corrected chi connectivity index (χ1v) is 10.7. The van der Waals surface area contributed by atoms with Gasteiger partial charge in [-0.3, -0.25) is 0 Å². The number of rotatable bonds is 7. The van der Waals surface area contributed by atoms with E-state index in [0.29, 0.717) is 0 Å². The van der Waals surface area contributed by atoms with Crippen molar-refractivity contribution in [3.63, 3.8) is 0 Å². The Balaban J connectivity index is 2.01. The van der Waals surface area contributed by atoms with E-state index in [9.17, 15) is 16.8 Å². The van der Waals surface area contributed by atoms with Crippen molar-refractivity contribution in [2.75, 3.05) is 6.54 Å². The summed E-state index contributed by atoms with van der Waals surface area (Å²) in [7, 11) is -7.38. The van der Waals surface area contributed by atoms with Crippen LogP contribution in [0.15, 0.2) is 58.3 Å². The first-order chi connectivity index (χ1) is 11.6. The molecule has 0 spiro atoms. The molecule has 0 heterocycles. The lowest BCUT2D eigenvalue weighted by molar-refractivity contribution is 0.545. The van der Waals surface area contributed by atoms with Crippen molar-refractivity contribution < 1.29 is 16.8 Å². The van der Waals surface area contributed by atoms with Crippen molar-refractivity contribution in [2.45, 2.75) is 36.6 Å². The fraction of sp³-hybridized carbons (Fsp3) is 0.294. The number of sulfonamides is 2. The van der Waals surface area contributed by atoms with E-state index in [1.54, 1.807) is 31.2 Å². The molecule has 25 heavy (non-hydrogen) atoms. The van der Waals surface area contributed by atoms with Crippen molar-refractivity contribution in [1.29, 1.82) is 0 Å². The molecule has 0 aliphatic rings. The lowest BCUT2D eigenvalue weighted by Crippen LogP contribution is -2.41. The third-order valence-corrected chi connectivity index (χ3v) is 6.64. The SMILES string of the molecule is Cc1ccc(S(=O)(=O)NC[C@@H](C)NS(=O)(=O)c2ccc(C)cc2)cc1. The van der Waals surface area contributed by atoms with Crippen LogP contribution in [0.4, 0.5) is 0 Å². The maximum Gasteiger partial charge on any atom is 0.240 e. The van der Waals surface area contributed by atoms with Gasteiger partial charge in [0.15, 0.2) is 0 Å². The number of aryl methyl sites for hydroxylation is 2. The molecule has 0 radical (unpaired) electrons. The third-order valence-electron chi connectivity index (χ3n) is 3.60. The highest BCUT2D eigenvalue weighted by Crippen LogP contribution is 2.12. The molecular weight excluding hydrogens is 360 g/mol. The van der Waals surface area contributed by atoms with E-state index in [-0.39, 0.29) is 16.3 Å². The Hall–Kier alpha value is -1.74. The van der Waals surface area contributed by atoms with Crippen LogP contribution in [0.1, 0.15) is 18.1 Å². The minimum absolute atomic E-state index is 0.0543. The van der Waals surface area contributed by atoms with Crippen molar-refractivity contribution >= 4 is 20.0 Å². The molecule has 2 aromatic carbocycles. The van der Waals surface area contributed by atoms with Gasteiger partial charge in [0.05, 0.1) is 9.79 Å². The topological polar surface area (TPSA) is 92.3 Å². The van der Waals surface area contributed by atoms with Gasteiger partial charge in [0.25, 0.3) is 0 Å². The Labute approximate surface area is 149 Å². The van der Waals surface area contributed by atoms with Crippen molar-refractivity contribution in [2.24, 2.45) is 0 Å². The van der Waals surface area contributed by atoms with E-state index < -0.39 is 26.1 Å². The fourth-order valence-electron chi connectivity index (χ4n) is 2.13. The Morgan fingerprint density at radius 1 is 0.760 bits per heavy atom. The van der Waals surface area contributed by atoms with Crippen LogP contribution in [0, 0.1) is 13.8 Å². The van der Waals surface area contributed by atoms with Gasteiger partial charge in [-0.1, -0.05) is 35.4 Å². The second kappa shape index (κ2) is 7.65. The van der Waals surface area contributed by atoms with Crippen molar-refractivity contribution in [3.05, 3.63) is 59.7 Å². The summed E-state index contributed by atoms with van der Waals surface area (Å²) in [4.78, 5) is 0.290. The van der Waals surface area contributed by atoms with Gasteiger partial charge in [0.1, 0.15) is 0 Å². The molecule has 2 rings (SSSR count). The van der Waals surface area contributed by atoms with E-state index in [1.807, 2.05) is 13.8 Å². The number of benzene rings is 2. The normalized spacial score (nSPS) is 13.6. The molecule has 1 atom stereocenters. The van der Waals surface area contributed by atoms with Gasteiger partial charge in [-0.2, -0.15) is 0 Å². The molecular formula is C17H22N2O4S2. The molecule has 0 saturated carbocycles. The lowest BCUT2D eigenvalue weighted by atomic mass is 10.2. The van der Waals surface area contributed by atoms with Crippen LogP contribution < -0.4 is 9.44 Å². The second-order valence-electron chi connectivity index (χ2n) is 6.00. The van der Waals surface area contributed by atoms with Crippen LogP contribution in [-0.2, 0) is 20.0 Å². The summed E-state index contributed by atoms with van der Waals surface area (Å²) in [6, 6.07) is 12.3. The Kier molecular flexibility index (Phi) is 5.99. The average Bonchev–Trinajstić information content (AvgIpc) is 2.53. The molecule has 0 aromatic heterocycles. The predicted molar refractivity (Wildman–Crippen MR) is 97.3 cm³/mol. The summed E-state index contributed by atoms with van der Waals surface area (Å²) < 4.78 is 54.0. The quantitative estimate of drug-likeness (QED) is 0.765. The third kappa shape index (κ3) is 5.37. The van der Waals surface area contributed by atoms with Gasteiger partial charge < -0.3 is 0 Å². The van der Waals surface area contributed by atoms with Gasteiger partial charge in [-0.15, -0.1) is 0 Å². The second-order valence-corrected chi connectivity index (χ2v) is 9.48. The summed E-state index contributed by atoms with van der Waals surface area (Å²) in [6.45, 7) is 5.28. The zero-order valence-electron chi connectivity index (χ0n) is 14.4. The molecule has 0 bridgehead atoms. The van der Waals surface area contributed by atoms with Crippen molar-refractivity contribution in [1.82, 2.24) is 9.44 Å². The number of hydrogen-bond acceptors (Lipinski definition) is 4. The summed E-state index contributed by atoms with van der Waals surface area (Å²) >= 11 is 0. The molecule has 6 nitrogen and oxygen atoms in total. The molecule has 8 heteroatoms. The van der Waals surface area contributed by atoms with Crippen LogP contribution in [0.2, 0.25) is 0 Å². The van der Waals surface area contributed by atoms with E-state index in [1.165, 1.54) is 24.3 Å². The molecule has 0 amide bonds. The summed E-state index contributed by atoms with van der Waals surface area (Å²) in [5, 5.41) is 0. The van der Waals surface area contributed by atoms with Crippen LogP contribution >= 0.6 is 0 Å². The maximum absolute atomic E-state index is 12.3. The highest BCUT2D eigenvalue weighted by atomic mass is 32.2. The molecule has 0 fully saturated rings. The minimum atomic E-state index is -3.70. The summed E-state index contributed by atoms with van der Waals surface area (Å²) in [6.07, 6.45) is 0. The zero-order valence-corrected chi connectivity index (χ0v) is 16.0. The smallest absolute Gasteiger partial charge is 0.210 e. The molecule has 136 valence electrons. The highest BCUT2D eigenvalue weighted by molar-refractivity contribution is 7.90. The number of nitrogens with one attached hydrogen (secondary N) is 2. The predicted octanol–water partition coefficient (Wildman–Crippen LogP) is 1.95. The van der Waals surface area contributed by atoms with E-state index in [4.69, 9.17) is 0 Å². The summed E-state index contributed by atoms with van der Waals surface area (Å²) in [5.74, 6) is 0. The van der Waals surface area contributed by atoms with Crippen LogP contribution in [-0.4, -0.2) is 29.4 Å². The molecule has 0 aliphatic heterocycles. The van der Waals surface area contributed by atoms with Crippen LogP contribution in [0.5, 0.6) is 0 Å². The van der Waals surface area contributed by atoms with Gasteiger partial charge in [-0.25, -0.2) is 26.3 Å². The fourth-order valence-corrected chi connectivity index (χ4v) is 4.50. The Morgan fingerprint density at radius 3 is 1.60 bits per heavy atom. The van der Waals surface area contributed by atoms with Gasteiger partial charge in [0, 0.05) is 12.6 Å². The standard InChI is InChI=1S/C17H22N2O4S2/c1-13-4-8-16(9-5-13)24(20,21)18-12-15(3)19-25(22,23)17-10-6-14(2)7-11-17/h4-11,15,18-19H,12H2,1-3H3/t15-/m1/s1. The zero-order chi connectivity index (χ0) is 18.7. The molecule has 2 N–H and O–H groups in total. The van der Waals surface area contributed by atoms with Gasteiger partial charge in [0.2, 0.25) is 20.0 Å². The average molecular weight is 383 g/mol.